The number of thioether (sulfide) groups is 1. The Bertz CT molecular complexity index is 153. The molecule has 0 saturated heterocycles. The van der Waals surface area contributed by atoms with Crippen LogP contribution in [0.1, 0.15) is 6.92 Å². The first kappa shape index (κ1) is 7.16. The first-order chi connectivity index (χ1) is 4.29. The third-order valence-corrected chi connectivity index (χ3v) is 2.82. The predicted molar refractivity (Wildman–Crippen MR) is 45.0 cm³/mol. The molecule has 0 aliphatic rings. The van der Waals surface area contributed by atoms with Crippen LogP contribution >= 0.6 is 23.1 Å². The molecule has 9 heavy (non-hydrogen) atoms. The van der Waals surface area contributed by atoms with E-state index in [1.807, 2.05) is 11.8 Å². The van der Waals surface area contributed by atoms with Crippen LogP contribution in [0.15, 0.2) is 21.7 Å². The Balaban J connectivity index is 2.48. The van der Waals surface area contributed by atoms with Crippen LogP contribution in [0.2, 0.25) is 0 Å². The summed E-state index contributed by atoms with van der Waals surface area (Å²) in [6.07, 6.45) is 0. The van der Waals surface area contributed by atoms with Crippen LogP contribution in [-0.4, -0.2) is 5.25 Å². The smallest absolute Gasteiger partial charge is 0.0601 e. The monoisotopic (exact) mass is 157 g/mol. The van der Waals surface area contributed by atoms with Gasteiger partial charge in [0.05, 0.1) is 4.21 Å². The molecule has 0 aliphatic heterocycles. The Morgan fingerprint density at radius 1 is 1.78 bits per heavy atom. The Morgan fingerprint density at radius 2 is 2.56 bits per heavy atom. The summed E-state index contributed by atoms with van der Waals surface area (Å²) in [4.78, 5) is 0. The molecule has 1 aromatic heterocycles. The van der Waals surface area contributed by atoms with Gasteiger partial charge in [-0.1, -0.05) is 13.0 Å². The van der Waals surface area contributed by atoms with Crippen molar-refractivity contribution in [2.24, 2.45) is 0 Å². The zero-order valence-corrected chi connectivity index (χ0v) is 6.97. The van der Waals surface area contributed by atoms with Crippen LogP contribution in [0.5, 0.6) is 0 Å². The molecular weight excluding hydrogens is 148 g/mol. The number of hydrogen-bond donors (Lipinski definition) is 0. The van der Waals surface area contributed by atoms with E-state index in [9.17, 15) is 0 Å². The summed E-state index contributed by atoms with van der Waals surface area (Å²) in [6.45, 7) is 5.98. The Hall–Kier alpha value is 0.0500. The van der Waals surface area contributed by atoms with Crippen LogP contribution in [0.4, 0.5) is 0 Å². The largest absolute Gasteiger partial charge is 0.137 e. The van der Waals surface area contributed by atoms with E-state index in [0.29, 0.717) is 5.25 Å². The number of thiophene rings is 1. The Kier molecular flexibility index (Phi) is 2.61. The van der Waals surface area contributed by atoms with E-state index in [0.717, 1.165) is 0 Å². The maximum absolute atomic E-state index is 3.88. The normalized spacial score (nSPS) is 10.6. The van der Waals surface area contributed by atoms with Crippen molar-refractivity contribution in [3.8, 4) is 0 Å². The average molecular weight is 157 g/mol. The molecule has 49 valence electrons. The molecule has 0 N–H and O–H groups in total. The minimum atomic E-state index is 0.462. The van der Waals surface area contributed by atoms with Gasteiger partial charge in [-0.2, -0.15) is 0 Å². The topological polar surface area (TPSA) is 0 Å². The molecule has 0 spiro atoms. The standard InChI is InChI=1S/C7H9S2/c1-6(2)9-7-4-3-5-8-7/h3-6H,1H2,2H3. The first-order valence-electron chi connectivity index (χ1n) is 2.82. The number of rotatable bonds is 2. The quantitative estimate of drug-likeness (QED) is 0.594. The zero-order chi connectivity index (χ0) is 6.69. The molecule has 1 aromatic rings. The molecule has 1 unspecified atom stereocenters. The molecule has 0 aromatic carbocycles. The van der Waals surface area contributed by atoms with Crippen LogP contribution in [-0.2, 0) is 0 Å². The second kappa shape index (κ2) is 3.28. The maximum atomic E-state index is 3.88. The van der Waals surface area contributed by atoms with Crippen molar-refractivity contribution in [3.05, 3.63) is 24.4 Å². The van der Waals surface area contributed by atoms with E-state index in [1.54, 1.807) is 11.3 Å². The fourth-order valence-electron chi connectivity index (χ4n) is 0.529. The van der Waals surface area contributed by atoms with Crippen LogP contribution in [0, 0.1) is 6.92 Å². The summed E-state index contributed by atoms with van der Waals surface area (Å²) >= 11 is 3.59. The zero-order valence-electron chi connectivity index (χ0n) is 5.33. The number of hydrogen-bond acceptors (Lipinski definition) is 2. The molecule has 2 heteroatoms. The third-order valence-electron chi connectivity index (χ3n) is 0.812. The molecule has 0 fully saturated rings. The highest BCUT2D eigenvalue weighted by Crippen LogP contribution is 2.26. The van der Waals surface area contributed by atoms with Crippen molar-refractivity contribution < 1.29 is 0 Å². The van der Waals surface area contributed by atoms with Gasteiger partial charge in [0.15, 0.2) is 0 Å². The molecule has 0 aliphatic carbocycles. The van der Waals surface area contributed by atoms with Gasteiger partial charge in [0, 0.05) is 5.25 Å². The second-order valence-corrected chi connectivity index (χ2v) is 4.55. The highest BCUT2D eigenvalue weighted by molar-refractivity contribution is 8.01. The van der Waals surface area contributed by atoms with Gasteiger partial charge in [-0.3, -0.25) is 0 Å². The first-order valence-corrected chi connectivity index (χ1v) is 4.58. The van der Waals surface area contributed by atoms with Crippen LogP contribution in [0.3, 0.4) is 0 Å². The van der Waals surface area contributed by atoms with Crippen LogP contribution in [0.25, 0.3) is 0 Å². The van der Waals surface area contributed by atoms with Gasteiger partial charge in [0.2, 0.25) is 0 Å². The third kappa shape index (κ3) is 2.41. The van der Waals surface area contributed by atoms with Crippen molar-refractivity contribution in [1.82, 2.24) is 0 Å². The van der Waals surface area contributed by atoms with Gasteiger partial charge >= 0.3 is 0 Å². The highest BCUT2D eigenvalue weighted by Gasteiger charge is 1.96. The van der Waals surface area contributed by atoms with Crippen molar-refractivity contribution >= 4 is 23.1 Å². The SMILES string of the molecule is [CH2]C(C)Sc1cccs1. The summed E-state index contributed by atoms with van der Waals surface area (Å²) in [5.41, 5.74) is 0. The summed E-state index contributed by atoms with van der Waals surface area (Å²) in [6, 6.07) is 4.19. The lowest BCUT2D eigenvalue weighted by atomic mass is 10.6. The van der Waals surface area contributed by atoms with Crippen molar-refractivity contribution in [3.63, 3.8) is 0 Å². The molecule has 1 heterocycles. The average Bonchev–Trinajstić information content (AvgIpc) is 2.15. The van der Waals surface area contributed by atoms with E-state index in [1.165, 1.54) is 4.21 Å². The molecule has 1 radical (unpaired) electrons. The molecule has 0 amide bonds. The molecule has 0 nitrogen and oxygen atoms in total. The highest BCUT2D eigenvalue weighted by atomic mass is 32.2. The predicted octanol–water partition coefficient (Wildman–Crippen LogP) is 3.06. The van der Waals surface area contributed by atoms with Gasteiger partial charge < -0.3 is 0 Å². The Morgan fingerprint density at radius 3 is 3.00 bits per heavy atom. The van der Waals surface area contributed by atoms with Gasteiger partial charge in [-0.25, -0.2) is 0 Å². The fraction of sp³-hybridized carbons (Fsp3) is 0.286. The molecule has 1 atom stereocenters. The summed E-state index contributed by atoms with van der Waals surface area (Å²) in [7, 11) is 0. The maximum Gasteiger partial charge on any atom is 0.0601 e. The van der Waals surface area contributed by atoms with E-state index >= 15 is 0 Å². The summed E-state index contributed by atoms with van der Waals surface area (Å²) in [5.74, 6) is 0. The molecule has 1 rings (SSSR count). The van der Waals surface area contributed by atoms with Crippen molar-refractivity contribution in [2.45, 2.75) is 16.4 Å². The van der Waals surface area contributed by atoms with Gasteiger partial charge in [-0.15, -0.1) is 23.1 Å². The molecule has 0 bridgehead atoms. The molecule has 0 saturated carbocycles. The van der Waals surface area contributed by atoms with Crippen molar-refractivity contribution in [1.29, 1.82) is 0 Å². The van der Waals surface area contributed by atoms with E-state index in [-0.39, 0.29) is 0 Å². The second-order valence-electron chi connectivity index (χ2n) is 1.86. The van der Waals surface area contributed by atoms with E-state index < -0.39 is 0 Å². The lowest BCUT2D eigenvalue weighted by molar-refractivity contribution is 1.25. The van der Waals surface area contributed by atoms with E-state index in [2.05, 4.69) is 31.4 Å². The lowest BCUT2D eigenvalue weighted by Gasteiger charge is -1.98. The van der Waals surface area contributed by atoms with E-state index in [4.69, 9.17) is 0 Å². The summed E-state index contributed by atoms with van der Waals surface area (Å²) in [5, 5.41) is 2.55. The van der Waals surface area contributed by atoms with Crippen LogP contribution < -0.4 is 0 Å². The lowest BCUT2D eigenvalue weighted by Crippen LogP contribution is -1.82. The minimum absolute atomic E-state index is 0.462. The van der Waals surface area contributed by atoms with Gasteiger partial charge in [0.25, 0.3) is 0 Å². The van der Waals surface area contributed by atoms with Gasteiger partial charge in [0.1, 0.15) is 0 Å². The van der Waals surface area contributed by atoms with Crippen molar-refractivity contribution in [2.75, 3.05) is 0 Å². The molecular formula is C7H9S2. The fourth-order valence-corrected chi connectivity index (χ4v) is 2.41. The minimum Gasteiger partial charge on any atom is -0.137 e. The summed E-state index contributed by atoms with van der Waals surface area (Å²) < 4.78 is 1.36. The Labute approximate surface area is 64.3 Å². The van der Waals surface area contributed by atoms with Gasteiger partial charge in [-0.05, 0) is 18.4 Å².